The van der Waals surface area contributed by atoms with Crippen molar-refractivity contribution in [2.75, 3.05) is 39.6 Å². The maximum atomic E-state index is 6.29. The summed E-state index contributed by atoms with van der Waals surface area (Å²) in [5, 5.41) is 0. The molecule has 48 heavy (non-hydrogen) atoms. The molecule has 6 nitrogen and oxygen atoms in total. The lowest BCUT2D eigenvalue weighted by Crippen LogP contribution is -2.25. The third kappa shape index (κ3) is 8.72. The van der Waals surface area contributed by atoms with Crippen LogP contribution in [0.3, 0.4) is 0 Å². The Balaban J connectivity index is 0.991. The van der Waals surface area contributed by atoms with E-state index in [-0.39, 0.29) is 29.0 Å². The van der Waals surface area contributed by atoms with Crippen LogP contribution in [-0.4, -0.2) is 51.8 Å². The first-order chi connectivity index (χ1) is 23.1. The molecule has 0 aliphatic carbocycles. The van der Waals surface area contributed by atoms with Crippen molar-refractivity contribution >= 4 is 0 Å². The Morgan fingerprint density at radius 2 is 0.771 bits per heavy atom. The average Bonchev–Trinajstić information content (AvgIpc) is 4.03. The minimum Gasteiger partial charge on any atom is -0.493 e. The zero-order valence-electron chi connectivity index (χ0n) is 29.2. The molecule has 0 N–H and O–H groups in total. The van der Waals surface area contributed by atoms with E-state index in [9.17, 15) is 0 Å². The molecule has 6 heteroatoms. The summed E-state index contributed by atoms with van der Waals surface area (Å²) in [6, 6.07) is 33.8. The Kier molecular flexibility index (Phi) is 10.3. The Morgan fingerprint density at radius 3 is 1.02 bits per heavy atom. The molecule has 0 aromatic heterocycles. The SMILES string of the molecule is CC(C)C(COc1ccc(C(C)(C)c2ccc(OCC3CO3)cc2)cc1)COc1ccc(C(C)(C)c2ccc(OCC3CO3)cc2)cc1. The van der Waals surface area contributed by atoms with Gasteiger partial charge in [0.15, 0.2) is 0 Å². The van der Waals surface area contributed by atoms with Gasteiger partial charge >= 0.3 is 0 Å². The Labute approximate surface area is 286 Å². The summed E-state index contributed by atoms with van der Waals surface area (Å²) in [7, 11) is 0. The van der Waals surface area contributed by atoms with E-state index < -0.39 is 0 Å². The molecular formula is C42H50O6. The van der Waals surface area contributed by atoms with Crippen molar-refractivity contribution in [2.45, 2.75) is 64.6 Å². The molecule has 0 spiro atoms. The maximum Gasteiger partial charge on any atom is 0.119 e. The monoisotopic (exact) mass is 650 g/mol. The van der Waals surface area contributed by atoms with Crippen LogP contribution in [0, 0.1) is 11.8 Å². The van der Waals surface area contributed by atoms with E-state index in [1.807, 2.05) is 24.3 Å². The Hall–Kier alpha value is -4.00. The van der Waals surface area contributed by atoms with Crippen LogP contribution in [-0.2, 0) is 20.3 Å². The molecule has 2 aliphatic rings. The number of hydrogen-bond donors (Lipinski definition) is 0. The van der Waals surface area contributed by atoms with Gasteiger partial charge in [-0.15, -0.1) is 0 Å². The van der Waals surface area contributed by atoms with Crippen LogP contribution in [0.4, 0.5) is 0 Å². The van der Waals surface area contributed by atoms with Gasteiger partial charge in [0, 0.05) is 16.7 Å². The van der Waals surface area contributed by atoms with Gasteiger partial charge in [-0.1, -0.05) is 90.1 Å². The number of ether oxygens (including phenoxy) is 6. The second kappa shape index (κ2) is 14.6. The molecule has 2 atom stereocenters. The molecule has 2 saturated heterocycles. The zero-order valence-corrected chi connectivity index (χ0v) is 29.2. The van der Waals surface area contributed by atoms with Crippen molar-refractivity contribution in [1.82, 2.24) is 0 Å². The Morgan fingerprint density at radius 1 is 0.500 bits per heavy atom. The van der Waals surface area contributed by atoms with Gasteiger partial charge in [-0.25, -0.2) is 0 Å². The van der Waals surface area contributed by atoms with Gasteiger partial charge in [-0.2, -0.15) is 0 Å². The van der Waals surface area contributed by atoms with E-state index in [4.69, 9.17) is 28.4 Å². The van der Waals surface area contributed by atoms with E-state index in [1.54, 1.807) is 0 Å². The van der Waals surface area contributed by atoms with Gasteiger partial charge in [0.1, 0.15) is 48.4 Å². The summed E-state index contributed by atoms with van der Waals surface area (Å²) in [6.07, 6.45) is 0.509. The first-order valence-corrected chi connectivity index (χ1v) is 17.2. The summed E-state index contributed by atoms with van der Waals surface area (Å²) in [5.41, 5.74) is 4.63. The van der Waals surface area contributed by atoms with Crippen LogP contribution in [0.25, 0.3) is 0 Å². The molecule has 0 amide bonds. The van der Waals surface area contributed by atoms with Crippen molar-refractivity contribution in [2.24, 2.45) is 11.8 Å². The number of epoxide rings is 2. The van der Waals surface area contributed by atoms with Crippen molar-refractivity contribution in [3.8, 4) is 23.0 Å². The highest BCUT2D eigenvalue weighted by molar-refractivity contribution is 5.43. The quantitative estimate of drug-likeness (QED) is 0.107. The fourth-order valence-corrected chi connectivity index (χ4v) is 5.75. The molecule has 0 radical (unpaired) electrons. The van der Waals surface area contributed by atoms with E-state index >= 15 is 0 Å². The highest BCUT2D eigenvalue weighted by Crippen LogP contribution is 2.35. The number of benzene rings is 4. The van der Waals surface area contributed by atoms with E-state index in [0.717, 1.165) is 36.2 Å². The molecule has 254 valence electrons. The van der Waals surface area contributed by atoms with Crippen molar-refractivity contribution < 1.29 is 28.4 Å². The van der Waals surface area contributed by atoms with Crippen LogP contribution in [0.1, 0.15) is 63.8 Å². The standard InChI is InChI=1S/C42H50O6/c1-29(2)30(23-43-35-15-7-31(8-16-35)41(3,4)33-11-19-37(20-12-33)45-25-39-27-47-39)24-44-36-17-9-32(10-18-36)42(5,6)34-13-21-38(22-14-34)46-26-40-28-48-40/h7-22,29-30,39-40H,23-28H2,1-6H3. The zero-order chi connectivity index (χ0) is 33.7. The summed E-state index contributed by atoms with van der Waals surface area (Å²) < 4.78 is 34.7. The third-order valence-corrected chi connectivity index (χ3v) is 9.85. The van der Waals surface area contributed by atoms with Crippen LogP contribution in [0.5, 0.6) is 23.0 Å². The molecule has 4 aromatic rings. The maximum absolute atomic E-state index is 6.29. The average molecular weight is 651 g/mol. The molecule has 2 heterocycles. The number of hydrogen-bond acceptors (Lipinski definition) is 6. The molecule has 6 rings (SSSR count). The smallest absolute Gasteiger partial charge is 0.119 e. The topological polar surface area (TPSA) is 62.0 Å². The summed E-state index contributed by atoms with van der Waals surface area (Å²) in [5.74, 6) is 4.15. The fourth-order valence-electron chi connectivity index (χ4n) is 5.75. The lowest BCUT2D eigenvalue weighted by atomic mass is 9.78. The first-order valence-electron chi connectivity index (χ1n) is 17.2. The van der Waals surface area contributed by atoms with Gasteiger partial charge in [0.25, 0.3) is 0 Å². The summed E-state index contributed by atoms with van der Waals surface area (Å²) in [4.78, 5) is 0. The Bertz CT molecular complexity index is 1460. The highest BCUT2D eigenvalue weighted by atomic mass is 16.6. The molecule has 0 saturated carbocycles. The normalized spacial score (nSPS) is 17.9. The molecule has 4 aromatic carbocycles. The predicted molar refractivity (Wildman–Crippen MR) is 190 cm³/mol. The first kappa shape index (κ1) is 33.9. The second-order valence-electron chi connectivity index (χ2n) is 14.5. The minimum atomic E-state index is -0.152. The second-order valence-corrected chi connectivity index (χ2v) is 14.5. The summed E-state index contributed by atoms with van der Waals surface area (Å²) in [6.45, 7) is 17.4. The predicted octanol–water partition coefficient (Wildman–Crippen LogP) is 8.62. The van der Waals surface area contributed by atoms with Crippen LogP contribution < -0.4 is 18.9 Å². The van der Waals surface area contributed by atoms with Crippen LogP contribution >= 0.6 is 0 Å². The fraction of sp³-hybridized carbons (Fsp3) is 0.429. The summed E-state index contributed by atoms with van der Waals surface area (Å²) >= 11 is 0. The van der Waals surface area contributed by atoms with Crippen molar-refractivity contribution in [1.29, 1.82) is 0 Å². The highest BCUT2D eigenvalue weighted by Gasteiger charge is 2.27. The van der Waals surface area contributed by atoms with Gasteiger partial charge in [0.2, 0.25) is 0 Å². The van der Waals surface area contributed by atoms with Gasteiger partial charge < -0.3 is 28.4 Å². The molecule has 0 bridgehead atoms. The molecule has 2 aliphatic heterocycles. The van der Waals surface area contributed by atoms with Crippen molar-refractivity contribution in [3.05, 3.63) is 119 Å². The minimum absolute atomic E-state index is 0.152. The van der Waals surface area contributed by atoms with Gasteiger partial charge in [-0.05, 0) is 76.7 Å². The molecule has 2 fully saturated rings. The van der Waals surface area contributed by atoms with E-state index in [1.165, 1.54) is 22.3 Å². The molecule has 2 unspecified atom stereocenters. The van der Waals surface area contributed by atoms with Crippen molar-refractivity contribution in [3.63, 3.8) is 0 Å². The lowest BCUT2D eigenvalue weighted by molar-refractivity contribution is 0.142. The van der Waals surface area contributed by atoms with Gasteiger partial charge in [-0.3, -0.25) is 0 Å². The largest absolute Gasteiger partial charge is 0.493 e. The van der Waals surface area contributed by atoms with E-state index in [0.29, 0.717) is 32.3 Å². The van der Waals surface area contributed by atoms with Crippen LogP contribution in [0.2, 0.25) is 0 Å². The van der Waals surface area contributed by atoms with Gasteiger partial charge in [0.05, 0.1) is 26.4 Å². The molecular weight excluding hydrogens is 600 g/mol. The third-order valence-electron chi connectivity index (χ3n) is 9.85. The van der Waals surface area contributed by atoms with E-state index in [2.05, 4.69) is 114 Å². The lowest BCUT2D eigenvalue weighted by Gasteiger charge is -2.27. The van der Waals surface area contributed by atoms with Crippen LogP contribution in [0.15, 0.2) is 97.1 Å². The number of rotatable bonds is 17.